The van der Waals surface area contributed by atoms with Crippen molar-refractivity contribution in [3.8, 4) is 5.75 Å². The second kappa shape index (κ2) is 18.7. The minimum absolute atomic E-state index is 0.170. The number of allylic oxidation sites excluding steroid dienone is 7. The molecule has 0 radical (unpaired) electrons. The molecule has 0 aliphatic heterocycles. The molecule has 0 bridgehead atoms. The van der Waals surface area contributed by atoms with Gasteiger partial charge >= 0.3 is 0 Å². The number of hydrogen-bond acceptors (Lipinski definition) is 3. The van der Waals surface area contributed by atoms with E-state index in [1.807, 2.05) is 58.9 Å². The smallest absolute Gasteiger partial charge is 0.272 e. The van der Waals surface area contributed by atoms with Crippen molar-refractivity contribution in [2.75, 3.05) is 12.9 Å². The van der Waals surface area contributed by atoms with Crippen molar-refractivity contribution >= 4 is 22.3 Å². The third-order valence-electron chi connectivity index (χ3n) is 5.00. The number of carbonyl (C=O) groups excluding carboxylic acids is 1. The van der Waals surface area contributed by atoms with E-state index in [9.17, 15) is 17.8 Å². The third-order valence-corrected chi connectivity index (χ3v) is 5.90. The van der Waals surface area contributed by atoms with E-state index in [1.54, 1.807) is 12.3 Å². The summed E-state index contributed by atoms with van der Waals surface area (Å²) < 4.78 is 43.2. The van der Waals surface area contributed by atoms with Crippen LogP contribution in [-0.2, 0) is 15.6 Å². The summed E-state index contributed by atoms with van der Waals surface area (Å²) >= 11 is 0. The molecule has 0 saturated carbocycles. The van der Waals surface area contributed by atoms with Gasteiger partial charge in [0.25, 0.3) is 6.43 Å². The van der Waals surface area contributed by atoms with Gasteiger partial charge in [0.1, 0.15) is 12.4 Å². The molecule has 202 valence electrons. The lowest BCUT2D eigenvalue weighted by molar-refractivity contribution is -0.118. The van der Waals surface area contributed by atoms with Gasteiger partial charge < -0.3 is 10.1 Å². The molecule has 7 heteroatoms. The first-order valence-corrected chi connectivity index (χ1v) is 14.1. The lowest BCUT2D eigenvalue weighted by Crippen LogP contribution is -2.18. The lowest BCUT2D eigenvalue weighted by atomic mass is 9.90. The predicted molar refractivity (Wildman–Crippen MR) is 149 cm³/mol. The average molecular weight is 524 g/mol. The van der Waals surface area contributed by atoms with Crippen LogP contribution < -0.4 is 10.1 Å². The molecule has 1 atom stereocenters. The fourth-order valence-corrected chi connectivity index (χ4v) is 3.83. The number of hydrogen-bond donors (Lipinski definition) is 1. The van der Waals surface area contributed by atoms with Crippen molar-refractivity contribution < 1.29 is 22.5 Å². The van der Waals surface area contributed by atoms with Gasteiger partial charge in [0.05, 0.1) is 0 Å². The van der Waals surface area contributed by atoms with E-state index in [1.165, 1.54) is 13.0 Å². The fraction of sp³-hybridized carbons (Fsp3) is 0.483. The standard InChI is InChI=1S/C27H37F2NO3S.C2H6/c1-7-10-11-13-25(26(19(4)9-3)16-22(12-8-2)30-20(5)31)21-14-23(33-18-27(28)29)17-24(15-21)34(6)32;1-2/h9,12-17,27H,7-8,10-11,18H2,1-6H3,(H,30,31);1-2H3/b19-9-,22-12-,25-13-,26-16+;. The average Bonchev–Trinajstić information content (AvgIpc) is 2.84. The summed E-state index contributed by atoms with van der Waals surface area (Å²) in [6, 6.07) is 5.05. The fourth-order valence-electron chi connectivity index (χ4n) is 3.25. The van der Waals surface area contributed by atoms with Crippen molar-refractivity contribution in [3.05, 3.63) is 64.9 Å². The highest BCUT2D eigenvalue weighted by atomic mass is 32.2. The molecule has 1 aromatic rings. The van der Waals surface area contributed by atoms with Gasteiger partial charge in [0, 0.05) is 34.6 Å². The van der Waals surface area contributed by atoms with Crippen LogP contribution in [0, 0.1) is 0 Å². The number of alkyl halides is 2. The Labute approximate surface area is 219 Å². The van der Waals surface area contributed by atoms with Gasteiger partial charge in [-0.05, 0) is 73.2 Å². The summed E-state index contributed by atoms with van der Waals surface area (Å²) in [6.45, 7) is 12.7. The maximum absolute atomic E-state index is 12.8. The quantitative estimate of drug-likeness (QED) is 0.211. The molecular formula is C29H43F2NO3S. The first kappa shape index (κ1) is 33.5. The van der Waals surface area contributed by atoms with Gasteiger partial charge in [-0.2, -0.15) is 0 Å². The maximum atomic E-state index is 12.8. The number of carbonyl (C=O) groups is 1. The zero-order chi connectivity index (χ0) is 27.7. The van der Waals surface area contributed by atoms with Gasteiger partial charge in [-0.3, -0.25) is 9.00 Å². The molecule has 0 heterocycles. The summed E-state index contributed by atoms with van der Waals surface area (Å²) in [6.07, 6.45) is 10.4. The monoisotopic (exact) mass is 523 g/mol. The first-order chi connectivity index (χ1) is 17.1. The maximum Gasteiger partial charge on any atom is 0.272 e. The van der Waals surface area contributed by atoms with Crippen LogP contribution in [0.2, 0.25) is 0 Å². The topological polar surface area (TPSA) is 55.4 Å². The van der Waals surface area contributed by atoms with Crippen LogP contribution in [0.1, 0.15) is 79.7 Å². The van der Waals surface area contributed by atoms with Gasteiger partial charge in [-0.1, -0.05) is 58.8 Å². The van der Waals surface area contributed by atoms with E-state index in [2.05, 4.69) is 18.3 Å². The summed E-state index contributed by atoms with van der Waals surface area (Å²) in [5.41, 5.74) is 4.13. The van der Waals surface area contributed by atoms with E-state index in [-0.39, 0.29) is 11.7 Å². The number of benzene rings is 1. The number of amides is 1. The van der Waals surface area contributed by atoms with Crippen LogP contribution in [0.4, 0.5) is 8.78 Å². The normalized spacial score (nSPS) is 13.8. The van der Waals surface area contributed by atoms with Crippen molar-refractivity contribution in [1.29, 1.82) is 0 Å². The molecular weight excluding hydrogens is 480 g/mol. The molecule has 0 fully saturated rings. The lowest BCUT2D eigenvalue weighted by Gasteiger charge is -2.18. The molecule has 1 unspecified atom stereocenters. The number of ether oxygens (including phenoxy) is 1. The summed E-state index contributed by atoms with van der Waals surface area (Å²) in [5.74, 6) is 0.0732. The van der Waals surface area contributed by atoms with E-state index in [4.69, 9.17) is 4.74 Å². The van der Waals surface area contributed by atoms with E-state index in [0.717, 1.165) is 48.0 Å². The zero-order valence-electron chi connectivity index (χ0n) is 23.0. The third kappa shape index (κ3) is 12.4. The Bertz CT molecular complexity index is 979. The van der Waals surface area contributed by atoms with Crippen LogP contribution in [0.5, 0.6) is 5.75 Å². The molecule has 1 aromatic carbocycles. The molecule has 0 aromatic heterocycles. The Balaban J connectivity index is 0.00000596. The highest BCUT2D eigenvalue weighted by Crippen LogP contribution is 2.34. The number of rotatable bonds is 13. The van der Waals surface area contributed by atoms with Crippen molar-refractivity contribution in [3.63, 3.8) is 0 Å². The summed E-state index contributed by atoms with van der Waals surface area (Å²) in [5, 5.41) is 2.87. The van der Waals surface area contributed by atoms with Gasteiger partial charge in [0.15, 0.2) is 0 Å². The van der Waals surface area contributed by atoms with E-state index < -0.39 is 23.8 Å². The second-order valence-electron chi connectivity index (χ2n) is 7.89. The Kier molecular flexibility index (Phi) is 17.4. The summed E-state index contributed by atoms with van der Waals surface area (Å²) in [4.78, 5) is 12.3. The number of unbranched alkanes of at least 4 members (excludes halogenated alkanes) is 2. The van der Waals surface area contributed by atoms with Gasteiger partial charge in [-0.25, -0.2) is 8.78 Å². The van der Waals surface area contributed by atoms with E-state index in [0.29, 0.717) is 10.6 Å². The molecule has 1 N–H and O–H groups in total. The molecule has 4 nitrogen and oxygen atoms in total. The Hall–Kier alpha value is -2.54. The molecule has 36 heavy (non-hydrogen) atoms. The Morgan fingerprint density at radius 3 is 2.31 bits per heavy atom. The minimum atomic E-state index is -2.61. The molecule has 0 aliphatic carbocycles. The Morgan fingerprint density at radius 2 is 1.81 bits per heavy atom. The molecule has 1 amide bonds. The largest absolute Gasteiger partial charge is 0.488 e. The van der Waals surface area contributed by atoms with E-state index >= 15 is 0 Å². The van der Waals surface area contributed by atoms with Gasteiger partial charge in [-0.15, -0.1) is 0 Å². The molecule has 1 rings (SSSR count). The van der Waals surface area contributed by atoms with Crippen molar-refractivity contribution in [2.45, 2.75) is 85.5 Å². The van der Waals surface area contributed by atoms with Crippen LogP contribution in [0.3, 0.4) is 0 Å². The number of nitrogens with one attached hydrogen (secondary N) is 1. The van der Waals surface area contributed by atoms with Crippen molar-refractivity contribution in [1.82, 2.24) is 5.32 Å². The second-order valence-corrected chi connectivity index (χ2v) is 9.27. The molecule has 0 spiro atoms. The first-order valence-electron chi connectivity index (χ1n) is 12.6. The summed E-state index contributed by atoms with van der Waals surface area (Å²) in [7, 11) is -1.33. The van der Waals surface area contributed by atoms with Crippen LogP contribution in [0.25, 0.3) is 5.57 Å². The zero-order valence-corrected chi connectivity index (χ0v) is 23.9. The minimum Gasteiger partial charge on any atom is -0.488 e. The predicted octanol–water partition coefficient (Wildman–Crippen LogP) is 7.99. The highest BCUT2D eigenvalue weighted by Gasteiger charge is 2.15. The van der Waals surface area contributed by atoms with Crippen LogP contribution in [0.15, 0.2) is 64.2 Å². The molecule has 0 aliphatic rings. The van der Waals surface area contributed by atoms with Crippen LogP contribution >= 0.6 is 0 Å². The van der Waals surface area contributed by atoms with Gasteiger partial charge in [0.2, 0.25) is 5.91 Å². The van der Waals surface area contributed by atoms with Crippen LogP contribution in [-0.4, -0.2) is 29.4 Å². The number of halogens is 2. The molecule has 0 saturated heterocycles. The highest BCUT2D eigenvalue weighted by molar-refractivity contribution is 7.84. The Morgan fingerprint density at radius 1 is 1.14 bits per heavy atom. The SMILES string of the molecule is CC.C\C=C(C)/C(=C\C(=C\CC)NC(C)=O)C(=C\CCCC)/c1cc(OCC(F)F)cc(S(C)=O)c1. The van der Waals surface area contributed by atoms with Crippen molar-refractivity contribution in [2.24, 2.45) is 0 Å².